The normalized spacial score (nSPS) is 17.8. The number of Topliss-reactive ketones (excluding diaryl/α,β-unsaturated/α-hetero) is 1. The average Bonchev–Trinajstić information content (AvgIpc) is 4.30. The number of aliphatic imine (C=N–C) groups is 1. The smallest absolute Gasteiger partial charge is 0.261 e. The molecule has 1 fully saturated rings. The standard InChI is InChI=1S/C61H68N6O11S/c1-5-21-75-23-24-76-22-20-64(18-10-14-46(68)15-11-19-65-58(69)34-57(79-4)61(65)72)43-26-39(37-77-55-32-49-47(30-53(55)73-2)59(70)66-44(35-62-49)28-41-12-6-8-16-51(41)66)25-40(27-43)38-78-56-33-50-48(31-54(56)74-3)60(71)67-45(36-63-50)29-42-13-7-9-17-52(42)67/h6-9,12-13,16-17,25-27,30-33,35,44-45,57,63H,5,10-11,14-15,18-24,28-29,34,36-38H2,1-4H3/t44-,45-,57?/m0/s1. The van der Waals surface area contributed by atoms with Crippen LogP contribution in [0.3, 0.4) is 0 Å². The van der Waals surface area contributed by atoms with Gasteiger partial charge in [-0.15, -0.1) is 0 Å². The second-order valence-corrected chi connectivity index (χ2v) is 21.4. The van der Waals surface area contributed by atoms with Crippen LogP contribution in [0.2, 0.25) is 0 Å². The molecule has 0 spiro atoms. The van der Waals surface area contributed by atoms with Crippen LogP contribution in [0.25, 0.3) is 0 Å². The highest BCUT2D eigenvalue weighted by Gasteiger charge is 2.40. The molecule has 79 heavy (non-hydrogen) atoms. The number of nitrogens with one attached hydrogen (secondary N) is 1. The maximum atomic E-state index is 14.3. The summed E-state index contributed by atoms with van der Waals surface area (Å²) in [5, 5.41) is 3.17. The van der Waals surface area contributed by atoms with E-state index in [1.54, 1.807) is 37.3 Å². The topological polar surface area (TPSA) is 178 Å². The minimum Gasteiger partial charge on any atom is -0.493 e. The number of carbonyl (C=O) groups is 5. The SMILES string of the molecule is CCCOCCOCCN(CCCC(=O)CCCN1C(=O)CC(SC)C1=O)c1cc(COc2cc3c(cc2OC)C(=O)N2c4ccccc4C[C@H]2C=N3)cc(COc2cc3c(cc2OC)C(=O)N2c4ccccc4C[C@H]2CN3)c1. The van der Waals surface area contributed by atoms with Crippen LogP contribution in [0.5, 0.6) is 23.0 Å². The molecule has 0 saturated carbocycles. The number of ether oxygens (including phenoxy) is 6. The van der Waals surface area contributed by atoms with E-state index in [0.29, 0.717) is 117 Å². The predicted molar refractivity (Wildman–Crippen MR) is 305 cm³/mol. The van der Waals surface area contributed by atoms with E-state index in [9.17, 15) is 24.0 Å². The van der Waals surface area contributed by atoms with Gasteiger partial charge in [-0.05, 0) is 96.7 Å². The molecule has 0 radical (unpaired) electrons. The molecule has 5 aromatic carbocycles. The summed E-state index contributed by atoms with van der Waals surface area (Å²) in [5.74, 6) is 1.09. The van der Waals surface area contributed by atoms with Crippen molar-refractivity contribution in [2.45, 2.75) is 88.8 Å². The number of thioether (sulfide) groups is 1. The van der Waals surface area contributed by atoms with E-state index in [1.807, 2.05) is 78.0 Å². The quantitative estimate of drug-likeness (QED) is 0.0410. The zero-order valence-electron chi connectivity index (χ0n) is 45.3. The molecular formula is C61H68N6O11S. The van der Waals surface area contributed by atoms with E-state index >= 15 is 0 Å². The van der Waals surface area contributed by atoms with Gasteiger partial charge in [0.05, 0.1) is 73.9 Å². The van der Waals surface area contributed by atoms with Gasteiger partial charge in [0.25, 0.3) is 11.8 Å². The lowest BCUT2D eigenvalue weighted by atomic mass is 10.1. The largest absolute Gasteiger partial charge is 0.493 e. The summed E-state index contributed by atoms with van der Waals surface area (Å²) in [4.78, 5) is 79.0. The van der Waals surface area contributed by atoms with Crippen molar-refractivity contribution in [3.8, 4) is 23.0 Å². The first-order valence-electron chi connectivity index (χ1n) is 27.3. The Morgan fingerprint density at radius 3 is 2.05 bits per heavy atom. The fourth-order valence-electron chi connectivity index (χ4n) is 11.1. The summed E-state index contributed by atoms with van der Waals surface area (Å²) in [7, 11) is 3.11. The van der Waals surface area contributed by atoms with Gasteiger partial charge in [-0.1, -0.05) is 43.3 Å². The Balaban J connectivity index is 0.905. The Kier molecular flexibility index (Phi) is 17.5. The van der Waals surface area contributed by atoms with E-state index in [4.69, 9.17) is 33.4 Å². The van der Waals surface area contributed by atoms with Gasteiger partial charge in [-0.3, -0.25) is 38.8 Å². The lowest BCUT2D eigenvalue weighted by Crippen LogP contribution is -2.39. The lowest BCUT2D eigenvalue weighted by Gasteiger charge is -2.26. The molecule has 0 aromatic heterocycles. The second kappa shape index (κ2) is 25.1. The Morgan fingerprint density at radius 2 is 1.35 bits per heavy atom. The van der Waals surface area contributed by atoms with Crippen molar-refractivity contribution in [1.29, 1.82) is 0 Å². The van der Waals surface area contributed by atoms with Gasteiger partial charge in [0.1, 0.15) is 19.0 Å². The van der Waals surface area contributed by atoms with Crippen LogP contribution in [-0.2, 0) is 49.9 Å². The Bertz CT molecular complexity index is 3130. The fraction of sp³-hybridized carbons (Fsp3) is 0.410. The molecule has 4 amide bonds. The first kappa shape index (κ1) is 54.9. The van der Waals surface area contributed by atoms with Crippen LogP contribution in [0, 0.1) is 0 Å². The zero-order valence-corrected chi connectivity index (χ0v) is 46.1. The van der Waals surface area contributed by atoms with Crippen LogP contribution in [0.1, 0.15) is 88.4 Å². The first-order chi connectivity index (χ1) is 38.5. The van der Waals surface area contributed by atoms with Crippen molar-refractivity contribution >= 4 is 75.8 Å². The maximum absolute atomic E-state index is 14.3. The van der Waals surface area contributed by atoms with Crippen LogP contribution in [-0.4, -0.2) is 131 Å². The number of imide groups is 1. The number of rotatable bonds is 26. The summed E-state index contributed by atoms with van der Waals surface area (Å²) in [6.45, 7) is 6.04. The average molecular weight is 1090 g/mol. The van der Waals surface area contributed by atoms with Gasteiger partial charge < -0.3 is 43.5 Å². The number of likely N-dealkylation sites (tertiary alicyclic amines) is 1. The molecule has 18 heteroatoms. The number of hydrogen-bond acceptors (Lipinski definition) is 15. The molecule has 5 aliphatic rings. The molecule has 1 saturated heterocycles. The molecular weight excluding hydrogens is 1020 g/mol. The summed E-state index contributed by atoms with van der Waals surface area (Å²) >= 11 is 1.38. The lowest BCUT2D eigenvalue weighted by molar-refractivity contribution is -0.138. The highest BCUT2D eigenvalue weighted by atomic mass is 32.2. The van der Waals surface area contributed by atoms with Gasteiger partial charge in [0.15, 0.2) is 23.0 Å². The molecule has 5 aliphatic heterocycles. The van der Waals surface area contributed by atoms with Gasteiger partial charge in [-0.2, -0.15) is 11.8 Å². The third-order valence-electron chi connectivity index (χ3n) is 15.1. The molecule has 1 unspecified atom stereocenters. The van der Waals surface area contributed by atoms with Crippen molar-refractivity contribution in [3.05, 3.63) is 124 Å². The van der Waals surface area contributed by atoms with Gasteiger partial charge in [-0.25, -0.2) is 0 Å². The van der Waals surface area contributed by atoms with Crippen LogP contribution >= 0.6 is 11.8 Å². The van der Waals surface area contributed by atoms with Crippen LogP contribution < -0.4 is 39.0 Å². The van der Waals surface area contributed by atoms with Crippen molar-refractivity contribution < 1.29 is 52.4 Å². The number of methoxy groups -OCH3 is 2. The Morgan fingerprint density at radius 1 is 0.709 bits per heavy atom. The van der Waals surface area contributed by atoms with Crippen molar-refractivity contribution in [1.82, 2.24) is 4.90 Å². The van der Waals surface area contributed by atoms with Crippen molar-refractivity contribution in [2.24, 2.45) is 4.99 Å². The maximum Gasteiger partial charge on any atom is 0.261 e. The van der Waals surface area contributed by atoms with Crippen molar-refractivity contribution in [3.63, 3.8) is 0 Å². The molecule has 0 bridgehead atoms. The molecule has 3 atom stereocenters. The summed E-state index contributed by atoms with van der Waals surface area (Å²) < 4.78 is 36.8. The number of benzene rings is 5. The number of fused-ring (bicyclic) bond motifs is 8. The number of anilines is 4. The minimum absolute atomic E-state index is 0.0412. The number of amides is 4. The fourth-order valence-corrected chi connectivity index (χ4v) is 11.8. The van der Waals surface area contributed by atoms with Crippen molar-refractivity contribution in [2.75, 3.05) is 93.1 Å². The molecule has 5 heterocycles. The number of carbonyl (C=O) groups excluding carboxylic acids is 5. The predicted octanol–water partition coefficient (Wildman–Crippen LogP) is 9.02. The second-order valence-electron chi connectivity index (χ2n) is 20.3. The number of ketones is 1. The highest BCUT2D eigenvalue weighted by molar-refractivity contribution is 8.00. The molecule has 17 nitrogen and oxygen atoms in total. The first-order valence-corrected chi connectivity index (χ1v) is 28.6. The Labute approximate surface area is 465 Å². The van der Waals surface area contributed by atoms with E-state index < -0.39 is 0 Å². The number of hydrogen-bond donors (Lipinski definition) is 1. The summed E-state index contributed by atoms with van der Waals surface area (Å²) in [5.41, 5.74) is 8.53. The number of nitrogens with zero attached hydrogens (tertiary/aromatic N) is 5. The minimum atomic E-state index is -0.354. The summed E-state index contributed by atoms with van der Waals surface area (Å²) in [6.07, 6.45) is 7.72. The molecule has 1 N–H and O–H groups in total. The van der Waals surface area contributed by atoms with Gasteiger partial charge >= 0.3 is 0 Å². The molecule has 5 aromatic rings. The highest BCUT2D eigenvalue weighted by Crippen LogP contribution is 2.43. The molecule has 10 rings (SSSR count). The Hall–Kier alpha value is -7.41. The van der Waals surface area contributed by atoms with E-state index in [-0.39, 0.29) is 79.3 Å². The van der Waals surface area contributed by atoms with E-state index in [2.05, 4.69) is 29.3 Å². The molecule has 414 valence electrons. The third kappa shape index (κ3) is 12.1. The van der Waals surface area contributed by atoms with E-state index in [1.165, 1.54) is 16.7 Å². The van der Waals surface area contributed by atoms with Gasteiger partial charge in [0, 0.05) is 93.9 Å². The monoisotopic (exact) mass is 1090 g/mol. The van der Waals surface area contributed by atoms with E-state index in [0.717, 1.165) is 52.2 Å². The zero-order chi connectivity index (χ0) is 55.0. The molecule has 0 aliphatic carbocycles. The van der Waals surface area contributed by atoms with Gasteiger partial charge in [0.2, 0.25) is 11.8 Å². The van der Waals surface area contributed by atoms with Crippen LogP contribution in [0.15, 0.2) is 96.0 Å². The number of para-hydroxylation sites is 2. The van der Waals surface area contributed by atoms with Crippen LogP contribution in [0.4, 0.5) is 28.4 Å². The third-order valence-corrected chi connectivity index (χ3v) is 16.0. The summed E-state index contributed by atoms with van der Waals surface area (Å²) in [6, 6.07) is 28.8.